The van der Waals surface area contributed by atoms with E-state index in [0.29, 0.717) is 35.1 Å². The molecule has 356 valence electrons. The number of rotatable bonds is 7. The maximum absolute atomic E-state index is 10.5. The van der Waals surface area contributed by atoms with Crippen LogP contribution >= 0.6 is 0 Å². The normalized spacial score (nSPS) is 11.2. The molecule has 0 fully saturated rings. The fourth-order valence-electron chi connectivity index (χ4n) is 6.27. The van der Waals surface area contributed by atoms with Gasteiger partial charge in [0.05, 0.1) is 6.42 Å². The van der Waals surface area contributed by atoms with Crippen LogP contribution in [0.15, 0.2) is 115 Å². The van der Waals surface area contributed by atoms with Crippen molar-refractivity contribution in [2.24, 2.45) is 11.5 Å². The van der Waals surface area contributed by atoms with E-state index >= 15 is 0 Å². The van der Waals surface area contributed by atoms with Crippen LogP contribution in [0.3, 0.4) is 0 Å². The number of fused-ring (bicyclic) bond motifs is 2. The number of H-pyrrole nitrogens is 1. The summed E-state index contributed by atoms with van der Waals surface area (Å²) in [6.07, 6.45) is 3.95. The first-order chi connectivity index (χ1) is 31.7. The van der Waals surface area contributed by atoms with E-state index in [-0.39, 0.29) is 24.3 Å². The van der Waals surface area contributed by atoms with E-state index in [1.54, 1.807) is 62.4 Å². The molecule has 6 aromatic carbocycles. The van der Waals surface area contributed by atoms with E-state index in [4.69, 9.17) is 26.8 Å². The summed E-state index contributed by atoms with van der Waals surface area (Å²) in [7, 11) is 0. The lowest BCUT2D eigenvalue weighted by Gasteiger charge is -2.07. The third kappa shape index (κ3) is 18.0. The van der Waals surface area contributed by atoms with Gasteiger partial charge in [-0.2, -0.15) is 0 Å². The van der Waals surface area contributed by atoms with E-state index in [0.717, 1.165) is 80.5 Å². The van der Waals surface area contributed by atoms with Crippen LogP contribution in [0.25, 0.3) is 10.9 Å². The van der Waals surface area contributed by atoms with Gasteiger partial charge in [0.2, 0.25) is 0 Å². The van der Waals surface area contributed by atoms with E-state index in [1.807, 2.05) is 82.4 Å². The quantitative estimate of drug-likeness (QED) is 0.0714. The number of anilines is 1. The molecule has 1 atom stereocenters. The summed E-state index contributed by atoms with van der Waals surface area (Å²) in [6.45, 7) is 12.7. The summed E-state index contributed by atoms with van der Waals surface area (Å²) in [5.74, 6) is -0.154. The predicted molar refractivity (Wildman–Crippen MR) is 265 cm³/mol. The molecule has 14 nitrogen and oxygen atoms in total. The van der Waals surface area contributed by atoms with Gasteiger partial charge in [-0.15, -0.1) is 0 Å². The number of phenolic OH excluding ortho intramolecular Hbond substituents is 6. The summed E-state index contributed by atoms with van der Waals surface area (Å²) in [6, 6.07) is 31.4. The van der Waals surface area contributed by atoms with Gasteiger partial charge < -0.3 is 62.6 Å². The van der Waals surface area contributed by atoms with Crippen molar-refractivity contribution < 1.29 is 50.4 Å². The van der Waals surface area contributed by atoms with Crippen LogP contribution in [-0.2, 0) is 35.3 Å². The van der Waals surface area contributed by atoms with Crippen LogP contribution < -0.4 is 16.8 Å². The van der Waals surface area contributed by atoms with Crippen molar-refractivity contribution in [1.29, 1.82) is 0 Å². The zero-order valence-corrected chi connectivity index (χ0v) is 38.8. The lowest BCUT2D eigenvalue weighted by Crippen LogP contribution is -2.32. The predicted octanol–water partition coefficient (Wildman–Crippen LogP) is 8.74. The molecule has 0 saturated carbocycles. The minimum Gasteiger partial charge on any atom is -0.508 e. The topological polar surface area (TPSA) is 276 Å². The van der Waals surface area contributed by atoms with Gasteiger partial charge in [-0.1, -0.05) is 60.7 Å². The van der Waals surface area contributed by atoms with Crippen molar-refractivity contribution in [2.45, 2.75) is 73.3 Å². The summed E-state index contributed by atoms with van der Waals surface area (Å²) in [5.41, 5.74) is 21.8. The van der Waals surface area contributed by atoms with Gasteiger partial charge in [-0.05, 0) is 165 Å². The largest absolute Gasteiger partial charge is 0.508 e. The molecule has 1 aliphatic rings. The fraction of sp³-hybridized carbons (Fsp3) is 0.245. The second kappa shape index (κ2) is 26.3. The Morgan fingerprint density at radius 1 is 0.582 bits per heavy atom. The van der Waals surface area contributed by atoms with Crippen molar-refractivity contribution in [2.75, 3.05) is 18.4 Å². The van der Waals surface area contributed by atoms with Crippen LogP contribution in [0.2, 0.25) is 0 Å². The number of aliphatic carboxylic acids is 2. The van der Waals surface area contributed by atoms with Gasteiger partial charge in [0, 0.05) is 36.1 Å². The van der Waals surface area contributed by atoms with Crippen molar-refractivity contribution >= 4 is 28.5 Å². The SMILES string of the molecule is Cc1cc2c(cc1O)NCC2.Cc1cc2cc[nH]c2cc1O.Cc1ccc(CC(=O)O)cc1O.Cc1ccc(CC(N)C(=O)O)cc1O.Cc1ccc(CCN)cc1O.Cc1ccccc1O. The van der Waals surface area contributed by atoms with Gasteiger partial charge >= 0.3 is 11.9 Å². The summed E-state index contributed by atoms with van der Waals surface area (Å²) >= 11 is 0. The average molecular weight is 917 g/mol. The highest BCUT2D eigenvalue weighted by Gasteiger charge is 2.13. The van der Waals surface area contributed by atoms with E-state index in [2.05, 4.69) is 10.3 Å². The van der Waals surface area contributed by atoms with Gasteiger partial charge in [-0.3, -0.25) is 9.59 Å². The Kier molecular flexibility index (Phi) is 21.1. The minimum absolute atomic E-state index is 0.0478. The number of carboxylic acids is 2. The van der Waals surface area contributed by atoms with E-state index in [9.17, 15) is 35.1 Å². The molecule has 14 N–H and O–H groups in total. The van der Waals surface area contributed by atoms with Crippen molar-refractivity contribution in [3.8, 4) is 34.5 Å². The van der Waals surface area contributed by atoms with Crippen LogP contribution in [0.1, 0.15) is 55.6 Å². The lowest BCUT2D eigenvalue weighted by molar-refractivity contribution is -0.138. The van der Waals surface area contributed by atoms with Gasteiger partial charge in [0.1, 0.15) is 40.5 Å². The molecule has 0 spiro atoms. The lowest BCUT2D eigenvalue weighted by atomic mass is 10.0. The van der Waals surface area contributed by atoms with E-state index in [1.165, 1.54) is 17.7 Å². The van der Waals surface area contributed by atoms with Gasteiger partial charge in [0.15, 0.2) is 0 Å². The van der Waals surface area contributed by atoms with Crippen LogP contribution in [0, 0.1) is 41.5 Å². The number of phenols is 6. The number of aryl methyl sites for hydroxylation is 6. The Morgan fingerprint density at radius 2 is 1.09 bits per heavy atom. The molecule has 0 saturated heterocycles. The number of benzene rings is 6. The van der Waals surface area contributed by atoms with Gasteiger partial charge in [0.25, 0.3) is 0 Å². The highest BCUT2D eigenvalue weighted by molar-refractivity contribution is 5.81. The monoisotopic (exact) mass is 916 g/mol. The number of carbonyl (C=O) groups is 2. The Bertz CT molecular complexity index is 2630. The second-order valence-corrected chi connectivity index (χ2v) is 16.1. The average Bonchev–Trinajstić information content (AvgIpc) is 3.93. The molecule has 1 aliphatic heterocycles. The Hall–Kier alpha value is -7.68. The molecule has 8 rings (SSSR count). The molecule has 1 aromatic heterocycles. The van der Waals surface area contributed by atoms with Crippen molar-refractivity contribution in [1.82, 2.24) is 4.98 Å². The summed E-state index contributed by atoms with van der Waals surface area (Å²) in [4.78, 5) is 23.8. The third-order valence-electron chi connectivity index (χ3n) is 10.5. The molecule has 0 amide bonds. The number of aromatic nitrogens is 1. The zero-order valence-electron chi connectivity index (χ0n) is 38.8. The Balaban J connectivity index is 0.000000214. The number of hydrogen-bond donors (Lipinski definition) is 12. The zero-order chi connectivity index (χ0) is 49.8. The van der Waals surface area contributed by atoms with Crippen LogP contribution in [0.4, 0.5) is 5.69 Å². The summed E-state index contributed by atoms with van der Waals surface area (Å²) < 4.78 is 0. The molecule has 2 heterocycles. The number of aromatic amines is 1. The molecule has 0 aliphatic carbocycles. The molecule has 67 heavy (non-hydrogen) atoms. The maximum Gasteiger partial charge on any atom is 0.320 e. The fourth-order valence-corrected chi connectivity index (χ4v) is 6.27. The molecule has 14 heteroatoms. The summed E-state index contributed by atoms with van der Waals surface area (Å²) in [5, 5.41) is 76.8. The maximum atomic E-state index is 10.5. The van der Waals surface area contributed by atoms with Crippen molar-refractivity contribution in [3.05, 3.63) is 171 Å². The first-order valence-electron chi connectivity index (χ1n) is 21.5. The molecular formula is C53H64N4O10. The minimum atomic E-state index is -1.04. The third-order valence-corrected chi connectivity index (χ3v) is 10.5. The standard InChI is InChI=1S/C10H13NO3.C9H11NO.C9H9NO.C9H13NO.C9H10O3.C7H8O/c1-6-2-3-7(5-9(6)12)4-8(11)10(13)14;2*1-6-4-7-2-3-10-8(7)5-9(6)11;1-7-2-3-8(4-5-10)6-9(7)11;1-6-2-3-7(4-8(6)10)5-9(11)12;1-6-4-2-3-5-7(6)8/h2-3,5,8,12H,4,11H2,1H3,(H,13,14);4-5,10-11H,2-3H2,1H3;2-5,10-11H,1H3;2-3,6,11H,4-5,10H2,1H3;2-4,10H,5H2,1H3,(H,11,12);2-5,8H,1H3. The van der Waals surface area contributed by atoms with Crippen LogP contribution in [-0.4, -0.2) is 76.9 Å². The number of carboxylic acid groups (broad SMARTS) is 2. The number of aromatic hydroxyl groups is 6. The first kappa shape index (κ1) is 53.7. The number of nitrogens with two attached hydrogens (primary N) is 2. The highest BCUT2D eigenvalue weighted by Crippen LogP contribution is 2.29. The molecule has 7 aromatic rings. The Morgan fingerprint density at radius 3 is 1.63 bits per heavy atom. The first-order valence-corrected chi connectivity index (χ1v) is 21.5. The van der Waals surface area contributed by atoms with Crippen LogP contribution in [0.5, 0.6) is 34.5 Å². The number of nitrogens with one attached hydrogen (secondary N) is 2. The molecular weight excluding hydrogens is 853 g/mol. The molecule has 0 radical (unpaired) electrons. The molecule has 1 unspecified atom stereocenters. The number of hydrogen-bond acceptors (Lipinski definition) is 11. The second-order valence-electron chi connectivity index (χ2n) is 16.1. The van der Waals surface area contributed by atoms with Gasteiger partial charge in [-0.25, -0.2) is 0 Å². The van der Waals surface area contributed by atoms with E-state index < -0.39 is 18.0 Å². The molecule has 0 bridgehead atoms. The Labute approximate surface area is 391 Å². The number of para-hydroxylation sites is 1. The van der Waals surface area contributed by atoms with Crippen molar-refractivity contribution in [3.63, 3.8) is 0 Å². The highest BCUT2D eigenvalue weighted by atomic mass is 16.4. The smallest absolute Gasteiger partial charge is 0.320 e.